The predicted molar refractivity (Wildman–Crippen MR) is 75.6 cm³/mol. The number of pyridine rings is 1. The van der Waals surface area contributed by atoms with E-state index >= 15 is 0 Å². The number of rotatable bonds is 5. The number of anilines is 1. The Balaban J connectivity index is 2.15. The molecule has 0 amide bonds. The highest BCUT2D eigenvalue weighted by Gasteiger charge is 2.25. The standard InChI is InChI=1S/C13H21N3O2S/c1-14-13-9-12(7-8-15-13)19(17,18)16(2)10-11-5-3-4-6-11/h7-9,11H,3-6,10H2,1-2H3,(H,14,15). The number of aromatic nitrogens is 1. The summed E-state index contributed by atoms with van der Waals surface area (Å²) in [6, 6.07) is 3.11. The highest BCUT2D eigenvalue weighted by atomic mass is 32.2. The highest BCUT2D eigenvalue weighted by molar-refractivity contribution is 7.89. The van der Waals surface area contributed by atoms with Crippen LogP contribution in [0.3, 0.4) is 0 Å². The largest absolute Gasteiger partial charge is 0.373 e. The number of nitrogens with zero attached hydrogens (tertiary/aromatic N) is 2. The third kappa shape index (κ3) is 3.25. The molecule has 1 aliphatic rings. The molecule has 1 fully saturated rings. The Bertz CT molecular complexity index is 524. The van der Waals surface area contributed by atoms with Crippen LogP contribution in [0.2, 0.25) is 0 Å². The van der Waals surface area contributed by atoms with Gasteiger partial charge in [0.2, 0.25) is 10.0 Å². The molecule has 0 bridgehead atoms. The van der Waals surface area contributed by atoms with Crippen molar-refractivity contribution >= 4 is 15.8 Å². The summed E-state index contributed by atoms with van der Waals surface area (Å²) in [5.41, 5.74) is 0. The van der Waals surface area contributed by atoms with Crippen LogP contribution in [-0.4, -0.2) is 38.3 Å². The summed E-state index contributed by atoms with van der Waals surface area (Å²) in [6.45, 7) is 0.611. The molecule has 1 saturated carbocycles. The Morgan fingerprint density at radius 2 is 2.11 bits per heavy atom. The van der Waals surface area contributed by atoms with Gasteiger partial charge in [-0.25, -0.2) is 17.7 Å². The SMILES string of the molecule is CNc1cc(S(=O)(=O)N(C)CC2CCCC2)ccn1. The quantitative estimate of drug-likeness (QED) is 0.897. The van der Waals surface area contributed by atoms with Crippen LogP contribution in [0.4, 0.5) is 5.82 Å². The monoisotopic (exact) mass is 283 g/mol. The molecule has 0 radical (unpaired) electrons. The van der Waals surface area contributed by atoms with E-state index in [1.807, 2.05) is 0 Å². The maximum atomic E-state index is 12.5. The molecule has 1 aromatic heterocycles. The van der Waals surface area contributed by atoms with Crippen molar-refractivity contribution in [1.82, 2.24) is 9.29 Å². The van der Waals surface area contributed by atoms with E-state index in [-0.39, 0.29) is 0 Å². The highest BCUT2D eigenvalue weighted by Crippen LogP contribution is 2.27. The number of nitrogens with one attached hydrogen (secondary N) is 1. The van der Waals surface area contributed by atoms with Crippen molar-refractivity contribution in [3.05, 3.63) is 18.3 Å². The summed E-state index contributed by atoms with van der Waals surface area (Å²) < 4.78 is 26.4. The smallest absolute Gasteiger partial charge is 0.243 e. The molecule has 0 aromatic carbocycles. The van der Waals surface area contributed by atoms with Gasteiger partial charge in [0, 0.05) is 32.9 Å². The van der Waals surface area contributed by atoms with Crippen molar-refractivity contribution in [2.45, 2.75) is 30.6 Å². The molecule has 0 atom stereocenters. The van der Waals surface area contributed by atoms with Gasteiger partial charge in [0.1, 0.15) is 5.82 Å². The minimum Gasteiger partial charge on any atom is -0.373 e. The third-order valence-electron chi connectivity index (χ3n) is 3.69. The molecule has 1 aliphatic carbocycles. The topological polar surface area (TPSA) is 62.3 Å². The van der Waals surface area contributed by atoms with Gasteiger partial charge in [-0.2, -0.15) is 0 Å². The zero-order chi connectivity index (χ0) is 13.9. The fraction of sp³-hybridized carbons (Fsp3) is 0.615. The molecule has 0 saturated heterocycles. The Morgan fingerprint density at radius 1 is 1.42 bits per heavy atom. The van der Waals surface area contributed by atoms with Gasteiger partial charge in [-0.05, 0) is 24.8 Å². The van der Waals surface area contributed by atoms with Crippen molar-refractivity contribution in [2.24, 2.45) is 5.92 Å². The van der Waals surface area contributed by atoms with Crippen molar-refractivity contribution in [2.75, 3.05) is 26.0 Å². The van der Waals surface area contributed by atoms with Crippen LogP contribution >= 0.6 is 0 Å². The van der Waals surface area contributed by atoms with Gasteiger partial charge in [-0.1, -0.05) is 12.8 Å². The van der Waals surface area contributed by atoms with Crippen molar-refractivity contribution in [3.8, 4) is 0 Å². The van der Waals surface area contributed by atoms with Crippen LogP contribution in [0.25, 0.3) is 0 Å². The molecule has 6 heteroatoms. The molecular formula is C13H21N3O2S. The maximum Gasteiger partial charge on any atom is 0.243 e. The van der Waals surface area contributed by atoms with E-state index in [2.05, 4.69) is 10.3 Å². The van der Waals surface area contributed by atoms with Gasteiger partial charge in [0.15, 0.2) is 0 Å². The molecule has 0 spiro atoms. The summed E-state index contributed by atoms with van der Waals surface area (Å²) >= 11 is 0. The van der Waals surface area contributed by atoms with Gasteiger partial charge in [0.05, 0.1) is 4.90 Å². The fourth-order valence-corrected chi connectivity index (χ4v) is 3.80. The molecule has 0 aliphatic heterocycles. The lowest BCUT2D eigenvalue weighted by atomic mass is 10.1. The predicted octanol–water partition coefficient (Wildman–Crippen LogP) is 1.93. The number of hydrogen-bond donors (Lipinski definition) is 1. The van der Waals surface area contributed by atoms with Crippen molar-refractivity contribution < 1.29 is 8.42 Å². The second-order valence-corrected chi connectivity index (χ2v) is 7.11. The number of sulfonamides is 1. The first kappa shape index (κ1) is 14.3. The van der Waals surface area contributed by atoms with E-state index in [4.69, 9.17) is 0 Å². The first-order valence-corrected chi connectivity index (χ1v) is 8.08. The van der Waals surface area contributed by atoms with Gasteiger partial charge in [-0.3, -0.25) is 0 Å². The Labute approximate surface area is 115 Å². The molecule has 1 heterocycles. The van der Waals surface area contributed by atoms with E-state index in [0.717, 1.165) is 12.8 Å². The lowest BCUT2D eigenvalue weighted by Crippen LogP contribution is -2.31. The minimum absolute atomic E-state index is 0.298. The molecular weight excluding hydrogens is 262 g/mol. The van der Waals surface area contributed by atoms with E-state index in [1.165, 1.54) is 23.3 Å². The van der Waals surface area contributed by atoms with E-state index < -0.39 is 10.0 Å². The lowest BCUT2D eigenvalue weighted by Gasteiger charge is -2.20. The molecule has 1 aromatic rings. The van der Waals surface area contributed by atoms with Crippen molar-refractivity contribution in [1.29, 1.82) is 0 Å². The third-order valence-corrected chi connectivity index (χ3v) is 5.51. The Kier molecular flexibility index (Phi) is 4.42. The summed E-state index contributed by atoms with van der Waals surface area (Å²) in [6.07, 6.45) is 6.23. The normalized spacial score (nSPS) is 17.0. The molecule has 2 rings (SSSR count). The summed E-state index contributed by atoms with van der Waals surface area (Å²) in [5.74, 6) is 1.07. The first-order chi connectivity index (χ1) is 9.04. The molecule has 0 unspecified atom stereocenters. The van der Waals surface area contributed by atoms with Crippen LogP contribution in [0.1, 0.15) is 25.7 Å². The second kappa shape index (κ2) is 5.88. The lowest BCUT2D eigenvalue weighted by molar-refractivity contribution is 0.387. The molecule has 106 valence electrons. The van der Waals surface area contributed by atoms with Crippen molar-refractivity contribution in [3.63, 3.8) is 0 Å². The average Bonchev–Trinajstić information content (AvgIpc) is 2.91. The summed E-state index contributed by atoms with van der Waals surface area (Å²) in [4.78, 5) is 4.34. The van der Waals surface area contributed by atoms with Gasteiger partial charge in [0.25, 0.3) is 0 Å². The van der Waals surface area contributed by atoms with Gasteiger partial charge < -0.3 is 5.32 Å². The average molecular weight is 283 g/mol. The van der Waals surface area contributed by atoms with Crippen LogP contribution in [0, 0.1) is 5.92 Å². The van der Waals surface area contributed by atoms with E-state index in [1.54, 1.807) is 26.2 Å². The van der Waals surface area contributed by atoms with E-state index in [9.17, 15) is 8.42 Å². The van der Waals surface area contributed by atoms with E-state index in [0.29, 0.717) is 23.2 Å². The minimum atomic E-state index is -3.41. The second-order valence-electron chi connectivity index (χ2n) is 5.06. The van der Waals surface area contributed by atoms with Gasteiger partial charge >= 0.3 is 0 Å². The van der Waals surface area contributed by atoms with Crippen LogP contribution in [0.5, 0.6) is 0 Å². The van der Waals surface area contributed by atoms with Crippen LogP contribution in [0.15, 0.2) is 23.2 Å². The summed E-state index contributed by atoms with van der Waals surface area (Å²) in [7, 11) is -0.0227. The molecule has 5 nitrogen and oxygen atoms in total. The Hall–Kier alpha value is -1.14. The molecule has 19 heavy (non-hydrogen) atoms. The maximum absolute atomic E-state index is 12.5. The zero-order valence-electron chi connectivity index (χ0n) is 11.5. The summed E-state index contributed by atoms with van der Waals surface area (Å²) in [5, 5.41) is 2.86. The first-order valence-electron chi connectivity index (χ1n) is 6.64. The van der Waals surface area contributed by atoms with Crippen LogP contribution < -0.4 is 5.32 Å². The van der Waals surface area contributed by atoms with Crippen LogP contribution in [-0.2, 0) is 10.0 Å². The zero-order valence-corrected chi connectivity index (χ0v) is 12.3. The number of hydrogen-bond acceptors (Lipinski definition) is 4. The molecule has 1 N–H and O–H groups in total. The van der Waals surface area contributed by atoms with Gasteiger partial charge in [-0.15, -0.1) is 0 Å². The Morgan fingerprint density at radius 3 is 2.74 bits per heavy atom. The fourth-order valence-electron chi connectivity index (χ4n) is 2.54.